The molecule has 2 aromatic carbocycles. The minimum Gasteiger partial charge on any atom is -0.481 e. The Bertz CT molecular complexity index is 1420. The van der Waals surface area contributed by atoms with Crippen LogP contribution in [0.15, 0.2) is 60.8 Å². The number of aromatic nitrogens is 1. The Morgan fingerprint density at radius 2 is 1.79 bits per heavy atom. The quantitative estimate of drug-likeness (QED) is 0.314. The Morgan fingerprint density at radius 3 is 2.36 bits per heavy atom. The predicted molar refractivity (Wildman–Crippen MR) is 157 cm³/mol. The zero-order valence-electron chi connectivity index (χ0n) is 25.1. The fourth-order valence-corrected chi connectivity index (χ4v) is 5.87. The molecule has 1 amide bonds. The number of aryl methyl sites for hydroxylation is 1. The van der Waals surface area contributed by atoms with Crippen molar-refractivity contribution in [3.05, 3.63) is 83.3 Å². The molecule has 8 nitrogen and oxygen atoms in total. The normalized spacial score (nSPS) is 20.5. The fraction of sp³-hybridized carbons (Fsp3) is 0.424. The average Bonchev–Trinajstić information content (AvgIpc) is 3.28. The van der Waals surface area contributed by atoms with Gasteiger partial charge in [0.25, 0.3) is 0 Å². The standard InChI is InChI=1S/C33H39FN2O6/c1-19(2)42-32(39)36-27(21-11-9-8-10-12-21)29(26(33(4,5)6)28(36)31(37)38)41-18-23-16-22(17-35-30(23)40-7)25-14-13-24(34)15-20(25)3/h8-17,19,26-29H,18H2,1-7H3,(H,37,38)/t26-,27+,28+,29+/m1/s1. The first-order valence-corrected chi connectivity index (χ1v) is 14.0. The lowest BCUT2D eigenvalue weighted by Crippen LogP contribution is -2.47. The number of carboxylic acid groups (broad SMARTS) is 1. The summed E-state index contributed by atoms with van der Waals surface area (Å²) in [7, 11) is 1.51. The Kier molecular flexibility index (Phi) is 9.21. The molecule has 1 N–H and O–H groups in total. The second kappa shape index (κ2) is 12.5. The van der Waals surface area contributed by atoms with Gasteiger partial charge in [-0.2, -0.15) is 0 Å². The molecule has 4 atom stereocenters. The van der Waals surface area contributed by atoms with Gasteiger partial charge in [0.1, 0.15) is 11.9 Å². The molecule has 1 aromatic heterocycles. The van der Waals surface area contributed by atoms with E-state index in [1.807, 2.05) is 64.1 Å². The number of benzene rings is 2. The van der Waals surface area contributed by atoms with Crippen molar-refractivity contribution < 1.29 is 33.3 Å². The number of aliphatic carboxylic acids is 1. The van der Waals surface area contributed by atoms with E-state index in [-0.39, 0.29) is 12.4 Å². The maximum Gasteiger partial charge on any atom is 0.411 e. The Morgan fingerprint density at radius 1 is 1.10 bits per heavy atom. The van der Waals surface area contributed by atoms with Crippen molar-refractivity contribution in [1.82, 2.24) is 9.88 Å². The summed E-state index contributed by atoms with van der Waals surface area (Å²) in [5.74, 6) is -1.70. The van der Waals surface area contributed by atoms with Crippen LogP contribution in [0.2, 0.25) is 0 Å². The van der Waals surface area contributed by atoms with Gasteiger partial charge in [0, 0.05) is 23.2 Å². The molecule has 1 aliphatic heterocycles. The molecular formula is C33H39FN2O6. The van der Waals surface area contributed by atoms with Crippen molar-refractivity contribution in [1.29, 1.82) is 0 Å². The topological polar surface area (TPSA) is 98.2 Å². The number of amides is 1. The summed E-state index contributed by atoms with van der Waals surface area (Å²) < 4.78 is 31.5. The number of pyridine rings is 1. The van der Waals surface area contributed by atoms with Crippen molar-refractivity contribution in [3.63, 3.8) is 0 Å². The van der Waals surface area contributed by atoms with Crippen molar-refractivity contribution in [2.24, 2.45) is 11.3 Å². The molecule has 0 spiro atoms. The Hall–Kier alpha value is -3.98. The number of methoxy groups -OCH3 is 1. The van der Waals surface area contributed by atoms with E-state index in [4.69, 9.17) is 14.2 Å². The molecule has 9 heteroatoms. The zero-order chi connectivity index (χ0) is 30.8. The van der Waals surface area contributed by atoms with E-state index in [1.165, 1.54) is 24.1 Å². The smallest absolute Gasteiger partial charge is 0.411 e. The highest BCUT2D eigenvalue weighted by molar-refractivity contribution is 5.82. The lowest BCUT2D eigenvalue weighted by molar-refractivity contribution is -0.145. The predicted octanol–water partition coefficient (Wildman–Crippen LogP) is 6.81. The SMILES string of the molecule is COc1ncc(-c2ccc(F)cc2C)cc1CO[C@H]1[C@H](C(C)(C)C)[C@@H](C(=O)O)N(C(=O)OC(C)C)[C@H]1c1ccccc1. The summed E-state index contributed by atoms with van der Waals surface area (Å²) in [6, 6.07) is 13.8. The van der Waals surface area contributed by atoms with Crippen LogP contribution in [0.3, 0.4) is 0 Å². The maximum absolute atomic E-state index is 13.8. The van der Waals surface area contributed by atoms with Crippen LogP contribution in [0, 0.1) is 24.1 Å². The van der Waals surface area contributed by atoms with Gasteiger partial charge in [0.2, 0.25) is 5.88 Å². The van der Waals surface area contributed by atoms with Gasteiger partial charge in [0.15, 0.2) is 0 Å². The lowest BCUT2D eigenvalue weighted by atomic mass is 9.73. The molecule has 2 heterocycles. The van der Waals surface area contributed by atoms with Gasteiger partial charge in [0.05, 0.1) is 32.0 Å². The van der Waals surface area contributed by atoms with E-state index in [0.717, 1.165) is 22.3 Å². The third-order valence-corrected chi connectivity index (χ3v) is 7.60. The molecule has 0 bridgehead atoms. The summed E-state index contributed by atoms with van der Waals surface area (Å²) in [5, 5.41) is 10.5. The maximum atomic E-state index is 13.8. The Balaban J connectivity index is 1.80. The van der Waals surface area contributed by atoms with Gasteiger partial charge in [-0.05, 0) is 61.1 Å². The highest BCUT2D eigenvalue weighted by Crippen LogP contribution is 2.50. The number of carbonyl (C=O) groups is 2. The molecule has 0 aliphatic carbocycles. The van der Waals surface area contributed by atoms with E-state index in [0.29, 0.717) is 11.4 Å². The molecule has 0 saturated carbocycles. The van der Waals surface area contributed by atoms with Crippen LogP contribution in [0.25, 0.3) is 11.1 Å². The second-order valence-electron chi connectivity index (χ2n) is 12.0. The first kappa shape index (κ1) is 31.0. The minimum atomic E-state index is -1.19. The van der Waals surface area contributed by atoms with Crippen LogP contribution in [0.5, 0.6) is 5.88 Å². The lowest BCUT2D eigenvalue weighted by Gasteiger charge is -2.34. The number of ether oxygens (including phenoxy) is 3. The summed E-state index contributed by atoms with van der Waals surface area (Å²) in [5.41, 5.74) is 3.14. The molecule has 3 aromatic rings. The molecule has 1 aliphatic rings. The highest BCUT2D eigenvalue weighted by atomic mass is 19.1. The van der Waals surface area contributed by atoms with Crippen LogP contribution in [0.1, 0.15) is 57.4 Å². The Labute approximate surface area is 246 Å². The number of nitrogens with zero attached hydrogens (tertiary/aromatic N) is 2. The van der Waals surface area contributed by atoms with Crippen LogP contribution in [-0.4, -0.2) is 52.4 Å². The van der Waals surface area contributed by atoms with Crippen molar-refractivity contribution in [3.8, 4) is 17.0 Å². The van der Waals surface area contributed by atoms with E-state index in [9.17, 15) is 19.1 Å². The number of likely N-dealkylation sites (tertiary alicyclic amines) is 1. The number of carboxylic acids is 1. The molecule has 224 valence electrons. The minimum absolute atomic E-state index is 0.0320. The van der Waals surface area contributed by atoms with Crippen LogP contribution in [0.4, 0.5) is 9.18 Å². The van der Waals surface area contributed by atoms with Gasteiger partial charge < -0.3 is 19.3 Å². The highest BCUT2D eigenvalue weighted by Gasteiger charge is 2.59. The number of carbonyl (C=O) groups excluding carboxylic acids is 1. The first-order valence-electron chi connectivity index (χ1n) is 14.0. The van der Waals surface area contributed by atoms with Gasteiger partial charge in [-0.1, -0.05) is 57.2 Å². The summed E-state index contributed by atoms with van der Waals surface area (Å²) in [4.78, 5) is 32.2. The van der Waals surface area contributed by atoms with Crippen molar-refractivity contribution >= 4 is 12.1 Å². The number of hydrogen-bond acceptors (Lipinski definition) is 6. The van der Waals surface area contributed by atoms with E-state index in [2.05, 4.69) is 4.98 Å². The molecule has 0 unspecified atom stereocenters. The van der Waals surface area contributed by atoms with Crippen molar-refractivity contribution in [2.45, 2.75) is 72.4 Å². The number of halogens is 1. The average molecular weight is 579 g/mol. The monoisotopic (exact) mass is 578 g/mol. The molecular weight excluding hydrogens is 539 g/mol. The van der Waals surface area contributed by atoms with Gasteiger partial charge >= 0.3 is 12.1 Å². The summed E-state index contributed by atoms with van der Waals surface area (Å²) in [6.45, 7) is 11.2. The van der Waals surface area contributed by atoms with Gasteiger partial charge in [-0.25, -0.2) is 19.0 Å². The number of rotatable bonds is 8. The third kappa shape index (κ3) is 6.41. The number of hydrogen-bond donors (Lipinski definition) is 1. The van der Waals surface area contributed by atoms with Crippen LogP contribution >= 0.6 is 0 Å². The van der Waals surface area contributed by atoms with E-state index < -0.39 is 47.7 Å². The van der Waals surface area contributed by atoms with Crippen LogP contribution in [-0.2, 0) is 20.9 Å². The molecule has 4 rings (SSSR count). The van der Waals surface area contributed by atoms with E-state index in [1.54, 1.807) is 26.1 Å². The van der Waals surface area contributed by atoms with E-state index >= 15 is 0 Å². The summed E-state index contributed by atoms with van der Waals surface area (Å²) in [6.07, 6.45) is -0.203. The summed E-state index contributed by atoms with van der Waals surface area (Å²) >= 11 is 0. The zero-order valence-corrected chi connectivity index (χ0v) is 25.1. The molecule has 0 radical (unpaired) electrons. The third-order valence-electron chi connectivity index (χ3n) is 7.60. The van der Waals surface area contributed by atoms with Gasteiger partial charge in [-0.15, -0.1) is 0 Å². The largest absolute Gasteiger partial charge is 0.481 e. The van der Waals surface area contributed by atoms with Crippen molar-refractivity contribution in [2.75, 3.05) is 7.11 Å². The fourth-order valence-electron chi connectivity index (χ4n) is 5.87. The van der Waals surface area contributed by atoms with Crippen LogP contribution < -0.4 is 4.74 Å². The first-order chi connectivity index (χ1) is 19.8. The molecule has 1 saturated heterocycles. The van der Waals surface area contributed by atoms with Gasteiger partial charge in [-0.3, -0.25) is 4.90 Å². The second-order valence-corrected chi connectivity index (χ2v) is 12.0. The molecule has 42 heavy (non-hydrogen) atoms. The molecule has 1 fully saturated rings.